The van der Waals surface area contributed by atoms with Crippen molar-refractivity contribution >= 4 is 11.9 Å². The second-order valence-electron chi connectivity index (χ2n) is 4.28. The van der Waals surface area contributed by atoms with E-state index >= 15 is 0 Å². The Labute approximate surface area is 105 Å². The van der Waals surface area contributed by atoms with Gasteiger partial charge in [0.1, 0.15) is 13.2 Å². The molecule has 5 nitrogen and oxygen atoms in total. The van der Waals surface area contributed by atoms with Gasteiger partial charge in [-0.25, -0.2) is 8.78 Å². The van der Waals surface area contributed by atoms with Gasteiger partial charge in [0.15, 0.2) is 0 Å². The molecule has 0 aromatic carbocycles. The third-order valence-electron chi connectivity index (χ3n) is 1.97. The quantitative estimate of drug-likeness (QED) is 0.638. The Kier molecular flexibility index (Phi) is 8.19. The molecule has 0 aromatic heterocycles. The number of hydrogen-bond acceptors (Lipinski definition) is 3. The molecule has 1 amide bonds. The third kappa shape index (κ3) is 8.86. The van der Waals surface area contributed by atoms with E-state index in [2.05, 4.69) is 4.74 Å². The molecule has 0 aliphatic carbocycles. The third-order valence-corrected chi connectivity index (χ3v) is 1.97. The maximum absolute atomic E-state index is 11.8. The Balaban J connectivity index is 4.08. The molecular formula is C11H19F2NO4. The Bertz CT molecular complexity index is 272. The number of amides is 1. The maximum atomic E-state index is 11.8. The fraction of sp³-hybridized carbons (Fsp3) is 0.818. The lowest BCUT2D eigenvalue weighted by Crippen LogP contribution is -2.38. The van der Waals surface area contributed by atoms with E-state index in [1.807, 2.05) is 13.8 Å². The molecule has 0 unspecified atom stereocenters. The topological polar surface area (TPSA) is 66.8 Å². The first-order valence-electron chi connectivity index (χ1n) is 5.68. The van der Waals surface area contributed by atoms with Crippen molar-refractivity contribution in [3.8, 4) is 0 Å². The summed E-state index contributed by atoms with van der Waals surface area (Å²) in [5.74, 6) is -1.37. The molecule has 0 bridgehead atoms. The van der Waals surface area contributed by atoms with E-state index in [1.54, 1.807) is 0 Å². The zero-order valence-corrected chi connectivity index (χ0v) is 10.6. The summed E-state index contributed by atoms with van der Waals surface area (Å²) in [6.07, 6.45) is -2.65. The first-order chi connectivity index (χ1) is 8.32. The number of carboxylic acids is 1. The molecule has 0 rings (SSSR count). The van der Waals surface area contributed by atoms with Gasteiger partial charge in [0.05, 0.1) is 13.0 Å². The molecular weight excluding hydrogens is 248 g/mol. The van der Waals surface area contributed by atoms with E-state index < -0.39 is 24.9 Å². The van der Waals surface area contributed by atoms with Gasteiger partial charge < -0.3 is 14.7 Å². The minimum absolute atomic E-state index is 0.0906. The number of halogens is 2. The fourth-order valence-electron chi connectivity index (χ4n) is 1.35. The van der Waals surface area contributed by atoms with Gasteiger partial charge in [-0.1, -0.05) is 13.8 Å². The molecule has 18 heavy (non-hydrogen) atoms. The summed E-state index contributed by atoms with van der Waals surface area (Å²) in [6.45, 7) is 2.81. The van der Waals surface area contributed by atoms with Gasteiger partial charge in [-0.15, -0.1) is 0 Å². The van der Waals surface area contributed by atoms with E-state index in [0.29, 0.717) is 6.54 Å². The Hall–Kier alpha value is -1.24. The molecule has 0 aromatic rings. The van der Waals surface area contributed by atoms with Crippen molar-refractivity contribution in [1.82, 2.24) is 4.90 Å². The Morgan fingerprint density at radius 1 is 1.33 bits per heavy atom. The number of carbonyl (C=O) groups is 2. The summed E-state index contributed by atoms with van der Waals surface area (Å²) < 4.78 is 28.1. The largest absolute Gasteiger partial charge is 0.480 e. The molecule has 0 saturated heterocycles. The molecule has 0 atom stereocenters. The molecule has 0 aliphatic heterocycles. The van der Waals surface area contributed by atoms with E-state index in [0.717, 1.165) is 0 Å². The summed E-state index contributed by atoms with van der Waals surface area (Å²) in [5.41, 5.74) is 0. The highest BCUT2D eigenvalue weighted by Gasteiger charge is 2.17. The second-order valence-corrected chi connectivity index (χ2v) is 4.28. The average Bonchev–Trinajstić information content (AvgIpc) is 2.21. The highest BCUT2D eigenvalue weighted by molar-refractivity contribution is 5.81. The van der Waals surface area contributed by atoms with Crippen LogP contribution in [0.4, 0.5) is 8.78 Å². The van der Waals surface area contributed by atoms with Crippen LogP contribution >= 0.6 is 0 Å². The van der Waals surface area contributed by atoms with Crippen LogP contribution in [0.5, 0.6) is 0 Å². The number of carboxylic acid groups (broad SMARTS) is 1. The van der Waals surface area contributed by atoms with Crippen molar-refractivity contribution < 1.29 is 28.2 Å². The second kappa shape index (κ2) is 8.79. The predicted octanol–water partition coefficient (Wildman–Crippen LogP) is 1.23. The number of hydrogen-bond donors (Lipinski definition) is 1. The van der Waals surface area contributed by atoms with E-state index in [9.17, 15) is 18.4 Å². The molecule has 0 aliphatic rings. The summed E-state index contributed by atoms with van der Waals surface area (Å²) in [5, 5.41) is 8.67. The fourth-order valence-corrected chi connectivity index (χ4v) is 1.35. The van der Waals surface area contributed by atoms with Crippen molar-refractivity contribution in [2.75, 3.05) is 26.3 Å². The van der Waals surface area contributed by atoms with E-state index in [1.165, 1.54) is 4.90 Å². The highest BCUT2D eigenvalue weighted by Crippen LogP contribution is 2.02. The van der Waals surface area contributed by atoms with Crippen LogP contribution in [0.25, 0.3) is 0 Å². The summed E-state index contributed by atoms with van der Waals surface area (Å²) in [4.78, 5) is 23.4. The number of ether oxygens (including phenoxy) is 1. The Morgan fingerprint density at radius 2 is 1.94 bits per heavy atom. The zero-order chi connectivity index (χ0) is 14.1. The standard InChI is InChI=1S/C11H19F2NO4/c1-8(2)5-14(6-11(16)17)10(15)3-4-18-7-9(12)13/h8-9H,3-7H2,1-2H3,(H,16,17). The molecule has 7 heteroatoms. The number of carbonyl (C=O) groups excluding carboxylic acids is 1. The highest BCUT2D eigenvalue weighted by atomic mass is 19.3. The normalized spacial score (nSPS) is 11.0. The predicted molar refractivity (Wildman–Crippen MR) is 60.5 cm³/mol. The average molecular weight is 267 g/mol. The molecule has 0 fully saturated rings. The van der Waals surface area contributed by atoms with Crippen molar-refractivity contribution in [3.05, 3.63) is 0 Å². The van der Waals surface area contributed by atoms with Crippen LogP contribution < -0.4 is 0 Å². The summed E-state index contributed by atoms with van der Waals surface area (Å²) >= 11 is 0. The van der Waals surface area contributed by atoms with Crippen LogP contribution in [0.2, 0.25) is 0 Å². The number of nitrogens with zero attached hydrogens (tertiary/aromatic N) is 1. The molecule has 0 saturated carbocycles. The molecule has 106 valence electrons. The minimum Gasteiger partial charge on any atom is -0.480 e. The zero-order valence-electron chi connectivity index (χ0n) is 10.6. The van der Waals surface area contributed by atoms with Crippen LogP contribution in [0.15, 0.2) is 0 Å². The van der Waals surface area contributed by atoms with Crippen molar-refractivity contribution in [2.45, 2.75) is 26.7 Å². The van der Waals surface area contributed by atoms with E-state index in [-0.39, 0.29) is 25.5 Å². The van der Waals surface area contributed by atoms with Gasteiger partial charge in [0.25, 0.3) is 6.43 Å². The van der Waals surface area contributed by atoms with Crippen molar-refractivity contribution in [2.24, 2.45) is 5.92 Å². The van der Waals surface area contributed by atoms with E-state index in [4.69, 9.17) is 5.11 Å². The van der Waals surface area contributed by atoms with Gasteiger partial charge in [0, 0.05) is 6.54 Å². The van der Waals surface area contributed by atoms with Crippen molar-refractivity contribution in [1.29, 1.82) is 0 Å². The monoisotopic (exact) mass is 267 g/mol. The van der Waals surface area contributed by atoms with Crippen LogP contribution in [-0.2, 0) is 14.3 Å². The van der Waals surface area contributed by atoms with Gasteiger partial charge in [-0.05, 0) is 5.92 Å². The SMILES string of the molecule is CC(C)CN(CC(=O)O)C(=O)CCOCC(F)F. The smallest absolute Gasteiger partial charge is 0.323 e. The first kappa shape index (κ1) is 16.8. The molecule has 0 radical (unpaired) electrons. The number of alkyl halides is 2. The first-order valence-corrected chi connectivity index (χ1v) is 5.68. The molecule has 1 N–H and O–H groups in total. The Morgan fingerprint density at radius 3 is 2.39 bits per heavy atom. The van der Waals surface area contributed by atoms with Gasteiger partial charge in [0.2, 0.25) is 5.91 Å². The lowest BCUT2D eigenvalue weighted by Gasteiger charge is -2.22. The van der Waals surface area contributed by atoms with Gasteiger partial charge in [-0.3, -0.25) is 9.59 Å². The maximum Gasteiger partial charge on any atom is 0.323 e. The molecule has 0 heterocycles. The lowest BCUT2D eigenvalue weighted by atomic mass is 10.2. The molecule has 0 spiro atoms. The summed E-state index contributed by atoms with van der Waals surface area (Å²) in [7, 11) is 0. The summed E-state index contributed by atoms with van der Waals surface area (Å²) in [6, 6.07) is 0. The minimum atomic E-state index is -2.56. The lowest BCUT2D eigenvalue weighted by molar-refractivity contribution is -0.145. The van der Waals surface area contributed by atoms with Crippen LogP contribution in [-0.4, -0.2) is 54.6 Å². The van der Waals surface area contributed by atoms with Crippen LogP contribution in [0.3, 0.4) is 0 Å². The number of aliphatic carboxylic acids is 1. The van der Waals surface area contributed by atoms with Crippen molar-refractivity contribution in [3.63, 3.8) is 0 Å². The van der Waals surface area contributed by atoms with Gasteiger partial charge >= 0.3 is 5.97 Å². The number of rotatable bonds is 9. The van der Waals surface area contributed by atoms with Crippen LogP contribution in [0, 0.1) is 5.92 Å². The van der Waals surface area contributed by atoms with Crippen LogP contribution in [0.1, 0.15) is 20.3 Å². The van der Waals surface area contributed by atoms with Gasteiger partial charge in [-0.2, -0.15) is 0 Å².